The second kappa shape index (κ2) is 10.3. The van der Waals surface area contributed by atoms with Crippen molar-refractivity contribution in [3.63, 3.8) is 0 Å². The number of likely N-dealkylation sites (N-methyl/N-ethyl adjacent to an activating group) is 1. The molecular weight excluding hydrogens is 414 g/mol. The first-order valence-corrected chi connectivity index (χ1v) is 11.4. The van der Waals surface area contributed by atoms with Gasteiger partial charge in [-0.2, -0.15) is 4.98 Å². The monoisotopic (exact) mass is 443 g/mol. The summed E-state index contributed by atoms with van der Waals surface area (Å²) >= 11 is 1.50. The van der Waals surface area contributed by atoms with E-state index in [2.05, 4.69) is 30.5 Å². The Morgan fingerprint density at radius 2 is 2.06 bits per heavy atom. The zero-order chi connectivity index (χ0) is 21.6. The maximum atomic E-state index is 9.78. The summed E-state index contributed by atoms with van der Waals surface area (Å²) in [5.41, 5.74) is 1.77. The summed E-state index contributed by atoms with van der Waals surface area (Å²) in [5.74, 6) is 1.29. The maximum Gasteiger partial charge on any atom is 0.225 e. The molecule has 1 fully saturated rings. The van der Waals surface area contributed by atoms with Crippen LogP contribution in [0.25, 0.3) is 10.3 Å². The van der Waals surface area contributed by atoms with E-state index in [1.54, 1.807) is 13.3 Å². The summed E-state index contributed by atoms with van der Waals surface area (Å²) in [6.07, 6.45) is 5.02. The van der Waals surface area contributed by atoms with Gasteiger partial charge in [0.05, 0.1) is 18.4 Å². The van der Waals surface area contributed by atoms with Crippen LogP contribution in [-0.4, -0.2) is 69.4 Å². The molecule has 0 spiro atoms. The van der Waals surface area contributed by atoms with E-state index in [0.717, 1.165) is 53.4 Å². The molecule has 31 heavy (non-hydrogen) atoms. The van der Waals surface area contributed by atoms with Crippen LogP contribution in [0.3, 0.4) is 0 Å². The molecule has 0 bridgehead atoms. The Balaban J connectivity index is 1.53. The van der Waals surface area contributed by atoms with E-state index < -0.39 is 0 Å². The smallest absolute Gasteiger partial charge is 0.225 e. The van der Waals surface area contributed by atoms with Crippen LogP contribution in [-0.2, 0) is 11.3 Å². The summed E-state index contributed by atoms with van der Waals surface area (Å²) in [5, 5.41) is 17.3. The number of ether oxygens (including phenoxy) is 1. The predicted molar refractivity (Wildman–Crippen MR) is 123 cm³/mol. The van der Waals surface area contributed by atoms with E-state index in [1.165, 1.54) is 11.3 Å². The minimum absolute atomic E-state index is 0.190. The summed E-state index contributed by atoms with van der Waals surface area (Å²) in [7, 11) is 3.75. The van der Waals surface area contributed by atoms with E-state index in [-0.39, 0.29) is 12.1 Å². The number of hydrogen-bond acceptors (Lipinski definition) is 10. The van der Waals surface area contributed by atoms with E-state index in [0.29, 0.717) is 24.9 Å². The van der Waals surface area contributed by atoms with Crippen molar-refractivity contribution in [3.05, 3.63) is 30.1 Å². The van der Waals surface area contributed by atoms with Crippen molar-refractivity contribution >= 4 is 38.6 Å². The van der Waals surface area contributed by atoms with Crippen LogP contribution < -0.4 is 10.6 Å². The average molecular weight is 444 g/mol. The highest BCUT2D eigenvalue weighted by atomic mass is 32.1. The number of pyridine rings is 1. The third-order valence-corrected chi connectivity index (χ3v) is 6.21. The molecular formula is C21H29N7O2S. The number of fused-ring (bicyclic) bond motifs is 1. The van der Waals surface area contributed by atoms with Crippen LogP contribution >= 0.6 is 11.3 Å². The molecule has 1 aliphatic carbocycles. The minimum Gasteiger partial charge on any atom is -0.393 e. The first-order chi connectivity index (χ1) is 15.1. The van der Waals surface area contributed by atoms with Crippen molar-refractivity contribution in [2.75, 3.05) is 37.9 Å². The number of nitrogens with one attached hydrogen (secondary N) is 2. The maximum absolute atomic E-state index is 9.78. The molecule has 3 aromatic rings. The van der Waals surface area contributed by atoms with E-state index in [1.807, 2.05) is 25.2 Å². The highest BCUT2D eigenvalue weighted by Gasteiger charge is 2.20. The number of nitrogens with zero attached hydrogens (tertiary/aromatic N) is 5. The molecule has 4 rings (SSSR count). The van der Waals surface area contributed by atoms with Gasteiger partial charge in [-0.05, 0) is 44.9 Å². The standard InChI is InChI=1S/C21H29N7O2S/c1-28(10-11-30-2)13-15-12-18(27-21-25-17-4-3-9-22-19(17)31-21)26-20(24-15)23-14-5-7-16(29)8-6-14/h3-4,9,12,14,16,29H,5-8,10-11,13H2,1-2H3,(H2,23,24,25,26,27)/t14-,16-. The summed E-state index contributed by atoms with van der Waals surface area (Å²) < 4.78 is 5.18. The SMILES string of the molecule is COCCN(C)Cc1cc(Nc2nc3cccnc3s2)nc(N[C@H]2CC[C@H](O)CC2)n1. The Morgan fingerprint density at radius 3 is 2.84 bits per heavy atom. The highest BCUT2D eigenvalue weighted by Crippen LogP contribution is 2.27. The lowest BCUT2D eigenvalue weighted by Gasteiger charge is -2.26. The van der Waals surface area contributed by atoms with Crippen LogP contribution in [0.1, 0.15) is 31.4 Å². The number of hydrogen-bond donors (Lipinski definition) is 3. The molecule has 10 heteroatoms. The number of anilines is 3. The number of methoxy groups -OCH3 is 1. The van der Waals surface area contributed by atoms with Crippen LogP contribution in [0.5, 0.6) is 0 Å². The summed E-state index contributed by atoms with van der Waals surface area (Å²) in [4.78, 5) is 21.4. The molecule has 3 heterocycles. The number of aliphatic hydroxyl groups is 1. The van der Waals surface area contributed by atoms with Crippen LogP contribution in [0.15, 0.2) is 24.4 Å². The molecule has 0 aliphatic heterocycles. The van der Waals surface area contributed by atoms with Gasteiger partial charge in [0.25, 0.3) is 0 Å². The van der Waals surface area contributed by atoms with Crippen LogP contribution in [0, 0.1) is 0 Å². The molecule has 0 amide bonds. The fraction of sp³-hybridized carbons (Fsp3) is 0.524. The molecule has 0 aromatic carbocycles. The molecule has 9 nitrogen and oxygen atoms in total. The van der Waals surface area contributed by atoms with Gasteiger partial charge in [-0.25, -0.2) is 15.0 Å². The largest absolute Gasteiger partial charge is 0.393 e. The van der Waals surface area contributed by atoms with Crippen molar-refractivity contribution in [1.29, 1.82) is 0 Å². The van der Waals surface area contributed by atoms with E-state index >= 15 is 0 Å². The Hall–Kier alpha value is -2.40. The number of aliphatic hydroxyl groups excluding tert-OH is 1. The number of thiazole rings is 1. The number of rotatable bonds is 9. The second-order valence-corrected chi connectivity index (χ2v) is 8.90. The molecule has 3 N–H and O–H groups in total. The van der Waals surface area contributed by atoms with Gasteiger partial charge in [0.2, 0.25) is 5.95 Å². The first kappa shape index (κ1) is 21.8. The lowest BCUT2D eigenvalue weighted by Crippen LogP contribution is -2.29. The molecule has 0 unspecified atom stereocenters. The third-order valence-electron chi connectivity index (χ3n) is 5.32. The van der Waals surface area contributed by atoms with Crippen molar-refractivity contribution in [2.24, 2.45) is 0 Å². The zero-order valence-electron chi connectivity index (χ0n) is 17.9. The lowest BCUT2D eigenvalue weighted by atomic mass is 9.93. The van der Waals surface area contributed by atoms with Crippen molar-refractivity contribution in [1.82, 2.24) is 24.8 Å². The fourth-order valence-corrected chi connectivity index (χ4v) is 4.46. The molecule has 0 saturated heterocycles. The molecule has 0 atom stereocenters. The van der Waals surface area contributed by atoms with Gasteiger partial charge < -0.3 is 20.5 Å². The quantitative estimate of drug-likeness (QED) is 0.460. The zero-order valence-corrected chi connectivity index (χ0v) is 18.7. The average Bonchev–Trinajstić information content (AvgIpc) is 3.16. The van der Waals surface area contributed by atoms with Gasteiger partial charge in [-0.15, -0.1) is 0 Å². The van der Waals surface area contributed by atoms with Gasteiger partial charge in [0, 0.05) is 38.5 Å². The number of aromatic nitrogens is 4. The molecule has 3 aromatic heterocycles. The van der Waals surface area contributed by atoms with Gasteiger partial charge in [0.1, 0.15) is 16.2 Å². The highest BCUT2D eigenvalue weighted by molar-refractivity contribution is 7.21. The van der Waals surface area contributed by atoms with Gasteiger partial charge in [-0.3, -0.25) is 4.90 Å². The fourth-order valence-electron chi connectivity index (χ4n) is 3.65. The van der Waals surface area contributed by atoms with Gasteiger partial charge >= 0.3 is 0 Å². The summed E-state index contributed by atoms with van der Waals surface area (Å²) in [6, 6.07) is 6.06. The Bertz CT molecular complexity index is 958. The molecule has 0 radical (unpaired) electrons. The topological polar surface area (TPSA) is 108 Å². The normalized spacial score (nSPS) is 19.1. The lowest BCUT2D eigenvalue weighted by molar-refractivity contribution is 0.126. The van der Waals surface area contributed by atoms with E-state index in [9.17, 15) is 5.11 Å². The molecule has 1 saturated carbocycles. The van der Waals surface area contributed by atoms with Crippen molar-refractivity contribution < 1.29 is 9.84 Å². The van der Waals surface area contributed by atoms with Crippen molar-refractivity contribution in [2.45, 2.75) is 44.4 Å². The van der Waals surface area contributed by atoms with Crippen LogP contribution in [0.4, 0.5) is 16.9 Å². The van der Waals surface area contributed by atoms with Crippen LogP contribution in [0.2, 0.25) is 0 Å². The second-order valence-electron chi connectivity index (χ2n) is 7.92. The summed E-state index contributed by atoms with van der Waals surface area (Å²) in [6.45, 7) is 2.16. The molecule has 166 valence electrons. The Labute approximate surface area is 185 Å². The molecule has 1 aliphatic rings. The van der Waals surface area contributed by atoms with Gasteiger partial charge in [0.15, 0.2) is 5.13 Å². The predicted octanol–water partition coefficient (Wildman–Crippen LogP) is 3.02. The van der Waals surface area contributed by atoms with E-state index in [4.69, 9.17) is 9.72 Å². The van der Waals surface area contributed by atoms with Crippen molar-refractivity contribution in [3.8, 4) is 0 Å². The third kappa shape index (κ3) is 6.07. The van der Waals surface area contributed by atoms with Gasteiger partial charge in [-0.1, -0.05) is 11.3 Å². The Kier molecular flexibility index (Phi) is 7.23. The first-order valence-electron chi connectivity index (χ1n) is 10.6. The minimum atomic E-state index is -0.190. The Morgan fingerprint density at radius 1 is 1.23 bits per heavy atom.